The molecule has 1 aliphatic rings. The van der Waals surface area contributed by atoms with Crippen LogP contribution in [0.2, 0.25) is 0 Å². The van der Waals surface area contributed by atoms with Gasteiger partial charge in [-0.1, -0.05) is 6.07 Å². The third-order valence-corrected chi connectivity index (χ3v) is 7.69. The lowest BCUT2D eigenvalue weighted by Gasteiger charge is -2.26. The van der Waals surface area contributed by atoms with E-state index in [4.69, 9.17) is 9.47 Å². The number of hydrogen-bond donors (Lipinski definition) is 1. The van der Waals surface area contributed by atoms with Gasteiger partial charge in [0.1, 0.15) is 9.96 Å². The number of morpholine rings is 1. The molecule has 1 saturated heterocycles. The zero-order valence-corrected chi connectivity index (χ0v) is 17.9. The highest BCUT2D eigenvalue weighted by atomic mass is 32.2. The van der Waals surface area contributed by atoms with E-state index in [1.807, 2.05) is 0 Å². The van der Waals surface area contributed by atoms with Gasteiger partial charge in [0.05, 0.1) is 18.9 Å². The molecule has 8 nitrogen and oxygen atoms in total. The van der Waals surface area contributed by atoms with Crippen molar-refractivity contribution < 1.29 is 22.7 Å². The smallest absolute Gasteiger partial charge is 0.273 e. The average molecular weight is 440 g/mol. The summed E-state index contributed by atoms with van der Waals surface area (Å²) in [6, 6.07) is 9.88. The molecule has 0 bridgehead atoms. The van der Waals surface area contributed by atoms with E-state index in [0.29, 0.717) is 18.0 Å². The lowest BCUT2D eigenvalue weighted by atomic mass is 10.3. The van der Waals surface area contributed by atoms with E-state index >= 15 is 0 Å². The summed E-state index contributed by atoms with van der Waals surface area (Å²) >= 11 is 1.17. The number of ether oxygens (including phenoxy) is 2. The van der Waals surface area contributed by atoms with Crippen LogP contribution in [-0.4, -0.2) is 72.3 Å². The molecule has 1 N–H and O–H groups in total. The molecule has 29 heavy (non-hydrogen) atoms. The number of rotatable bonds is 9. The molecule has 3 rings (SSSR count). The summed E-state index contributed by atoms with van der Waals surface area (Å²) in [7, 11) is -2.07. The monoisotopic (exact) mass is 439 g/mol. The van der Waals surface area contributed by atoms with Crippen molar-refractivity contribution in [3.63, 3.8) is 0 Å². The van der Waals surface area contributed by atoms with Gasteiger partial charge in [-0.3, -0.25) is 14.0 Å². The Morgan fingerprint density at radius 3 is 2.62 bits per heavy atom. The molecular weight excluding hydrogens is 414 g/mol. The van der Waals surface area contributed by atoms with Crippen molar-refractivity contribution in [1.82, 2.24) is 10.2 Å². The second-order valence-electron chi connectivity index (χ2n) is 6.49. The third kappa shape index (κ3) is 5.92. The van der Waals surface area contributed by atoms with Crippen molar-refractivity contribution in [2.24, 2.45) is 0 Å². The number of thiophene rings is 1. The van der Waals surface area contributed by atoms with Crippen LogP contribution in [0.4, 0.5) is 5.69 Å². The summed E-state index contributed by atoms with van der Waals surface area (Å²) in [6.45, 7) is 4.49. The van der Waals surface area contributed by atoms with Crippen LogP contribution >= 0.6 is 11.3 Å². The highest BCUT2D eigenvalue weighted by molar-refractivity contribution is 7.94. The number of sulfonamides is 1. The molecule has 1 aromatic heterocycles. The molecule has 2 heterocycles. The maximum absolute atomic E-state index is 12.6. The predicted octanol–water partition coefficient (Wildman–Crippen LogP) is 1.40. The standard InChI is InChI=1S/C19H25N3O5S2/c1-21(29(24,25)19-3-2-14-28-19)16-4-6-17(7-5-16)27-15-18(23)20-8-9-22-10-12-26-13-11-22/h2-7,14H,8-13,15H2,1H3,(H,20,23). The summed E-state index contributed by atoms with van der Waals surface area (Å²) in [5.41, 5.74) is 0.515. The third-order valence-electron chi connectivity index (χ3n) is 4.53. The minimum atomic E-state index is -3.57. The lowest BCUT2D eigenvalue weighted by Crippen LogP contribution is -2.42. The Kier molecular flexibility index (Phi) is 7.48. The highest BCUT2D eigenvalue weighted by Crippen LogP contribution is 2.26. The minimum Gasteiger partial charge on any atom is -0.484 e. The van der Waals surface area contributed by atoms with Crippen LogP contribution in [0.25, 0.3) is 0 Å². The van der Waals surface area contributed by atoms with Gasteiger partial charge in [-0.2, -0.15) is 0 Å². The number of hydrogen-bond acceptors (Lipinski definition) is 7. The fraction of sp³-hybridized carbons (Fsp3) is 0.421. The Morgan fingerprint density at radius 2 is 1.97 bits per heavy atom. The van der Waals surface area contributed by atoms with Crippen molar-refractivity contribution >= 4 is 33.0 Å². The molecule has 0 saturated carbocycles. The van der Waals surface area contributed by atoms with E-state index in [1.54, 1.807) is 41.8 Å². The molecule has 0 spiro atoms. The van der Waals surface area contributed by atoms with Gasteiger partial charge in [-0.25, -0.2) is 8.42 Å². The van der Waals surface area contributed by atoms with Gasteiger partial charge in [0.25, 0.3) is 15.9 Å². The summed E-state index contributed by atoms with van der Waals surface area (Å²) in [6.07, 6.45) is 0. The maximum atomic E-state index is 12.6. The van der Waals surface area contributed by atoms with Crippen molar-refractivity contribution in [2.75, 3.05) is 57.4 Å². The molecule has 1 aromatic carbocycles. The Balaban J connectivity index is 1.44. The van der Waals surface area contributed by atoms with Crippen molar-refractivity contribution in [2.45, 2.75) is 4.21 Å². The first-order chi connectivity index (χ1) is 14.0. The van der Waals surface area contributed by atoms with Gasteiger partial charge in [0, 0.05) is 33.2 Å². The second-order valence-corrected chi connectivity index (χ2v) is 9.63. The fourth-order valence-corrected chi connectivity index (χ4v) is 5.17. The Hall–Kier alpha value is -2.14. The van der Waals surface area contributed by atoms with E-state index in [1.165, 1.54) is 22.7 Å². The Morgan fingerprint density at radius 1 is 1.24 bits per heavy atom. The molecule has 0 unspecified atom stereocenters. The largest absolute Gasteiger partial charge is 0.484 e. The van der Waals surface area contributed by atoms with Crippen LogP contribution in [0.1, 0.15) is 0 Å². The first kappa shape index (κ1) is 21.6. The molecule has 158 valence electrons. The van der Waals surface area contributed by atoms with Gasteiger partial charge in [-0.15, -0.1) is 11.3 Å². The topological polar surface area (TPSA) is 88.2 Å². The highest BCUT2D eigenvalue weighted by Gasteiger charge is 2.22. The van der Waals surface area contributed by atoms with Crippen molar-refractivity contribution in [1.29, 1.82) is 0 Å². The van der Waals surface area contributed by atoms with Crippen LogP contribution < -0.4 is 14.4 Å². The number of benzene rings is 1. The van der Waals surface area contributed by atoms with E-state index in [-0.39, 0.29) is 16.7 Å². The fourth-order valence-electron chi connectivity index (χ4n) is 2.81. The summed E-state index contributed by atoms with van der Waals surface area (Å²) in [4.78, 5) is 14.2. The molecule has 10 heteroatoms. The molecule has 1 fully saturated rings. The molecule has 2 aromatic rings. The van der Waals surface area contributed by atoms with Crippen LogP contribution in [0.5, 0.6) is 5.75 Å². The van der Waals surface area contributed by atoms with Gasteiger partial charge in [-0.05, 0) is 35.7 Å². The number of anilines is 1. The van der Waals surface area contributed by atoms with Gasteiger partial charge in [0.2, 0.25) is 0 Å². The number of amides is 1. The average Bonchev–Trinajstić information content (AvgIpc) is 3.29. The predicted molar refractivity (Wildman–Crippen MR) is 112 cm³/mol. The van der Waals surface area contributed by atoms with Crippen molar-refractivity contribution in [3.05, 3.63) is 41.8 Å². The lowest BCUT2D eigenvalue weighted by molar-refractivity contribution is -0.123. The number of nitrogens with zero attached hydrogens (tertiary/aromatic N) is 2. The Bertz CT molecular complexity index is 879. The second kappa shape index (κ2) is 10.1. The number of carbonyl (C=O) groups excluding carboxylic acids is 1. The molecule has 0 radical (unpaired) electrons. The van der Waals surface area contributed by atoms with Crippen LogP contribution in [0.15, 0.2) is 46.0 Å². The molecular formula is C19H25N3O5S2. The quantitative estimate of drug-likeness (QED) is 0.636. The summed E-state index contributed by atoms with van der Waals surface area (Å²) < 4.78 is 37.4. The van der Waals surface area contributed by atoms with Gasteiger partial charge >= 0.3 is 0 Å². The molecule has 1 amide bonds. The van der Waals surface area contributed by atoms with Gasteiger partial charge in [0.15, 0.2) is 6.61 Å². The summed E-state index contributed by atoms with van der Waals surface area (Å²) in [5, 5.41) is 4.56. The van der Waals surface area contributed by atoms with E-state index in [2.05, 4.69) is 10.2 Å². The van der Waals surface area contributed by atoms with E-state index in [0.717, 1.165) is 32.8 Å². The molecule has 0 atom stereocenters. The minimum absolute atomic E-state index is 0.0915. The number of carbonyl (C=O) groups is 1. The van der Waals surface area contributed by atoms with Crippen LogP contribution in [0, 0.1) is 0 Å². The van der Waals surface area contributed by atoms with E-state index < -0.39 is 10.0 Å². The first-order valence-corrected chi connectivity index (χ1v) is 11.6. The Labute approximate surface area is 175 Å². The zero-order chi connectivity index (χ0) is 20.7. The van der Waals surface area contributed by atoms with Crippen LogP contribution in [-0.2, 0) is 19.6 Å². The number of nitrogens with one attached hydrogen (secondary N) is 1. The van der Waals surface area contributed by atoms with Crippen molar-refractivity contribution in [3.8, 4) is 5.75 Å². The van der Waals surface area contributed by atoms with Crippen LogP contribution in [0.3, 0.4) is 0 Å². The summed E-state index contributed by atoms with van der Waals surface area (Å²) in [5.74, 6) is 0.304. The SMILES string of the molecule is CN(c1ccc(OCC(=O)NCCN2CCOCC2)cc1)S(=O)(=O)c1cccs1. The molecule has 1 aliphatic heterocycles. The zero-order valence-electron chi connectivity index (χ0n) is 16.2. The normalized spacial score (nSPS) is 15.1. The van der Waals surface area contributed by atoms with Gasteiger partial charge < -0.3 is 14.8 Å². The van der Waals surface area contributed by atoms with E-state index in [9.17, 15) is 13.2 Å². The first-order valence-electron chi connectivity index (χ1n) is 9.29. The maximum Gasteiger partial charge on any atom is 0.273 e. The molecule has 0 aliphatic carbocycles.